The highest BCUT2D eigenvalue weighted by molar-refractivity contribution is 5.27. The maximum atomic E-state index is 5.19. The lowest BCUT2D eigenvalue weighted by Gasteiger charge is -2.27. The molecule has 0 amide bonds. The Bertz CT molecular complexity index is 342. The van der Waals surface area contributed by atoms with Crippen molar-refractivity contribution < 1.29 is 4.74 Å². The summed E-state index contributed by atoms with van der Waals surface area (Å²) in [5.41, 5.74) is 1.39. The maximum absolute atomic E-state index is 5.19. The van der Waals surface area contributed by atoms with E-state index in [1.807, 2.05) is 12.1 Å². The summed E-state index contributed by atoms with van der Waals surface area (Å²) in [6, 6.07) is 9.05. The van der Waals surface area contributed by atoms with Gasteiger partial charge in [-0.3, -0.25) is 4.90 Å². The molecule has 0 aromatic heterocycles. The van der Waals surface area contributed by atoms with Gasteiger partial charge in [-0.2, -0.15) is 0 Å². The largest absolute Gasteiger partial charge is 0.497 e. The van der Waals surface area contributed by atoms with E-state index in [1.54, 1.807) is 7.11 Å². The molecule has 1 aromatic rings. The van der Waals surface area contributed by atoms with Crippen LogP contribution in [0.4, 0.5) is 0 Å². The molecule has 100 valence electrons. The lowest BCUT2D eigenvalue weighted by Crippen LogP contribution is -2.37. The number of rotatable bonds is 4. The molecule has 0 radical (unpaired) electrons. The van der Waals surface area contributed by atoms with E-state index in [-0.39, 0.29) is 0 Å². The predicted octanol–water partition coefficient (Wildman–Crippen LogP) is 1.92. The van der Waals surface area contributed by atoms with Gasteiger partial charge in [0, 0.05) is 19.1 Å². The molecule has 1 atom stereocenters. The number of hydrogen-bond acceptors (Lipinski definition) is 3. The first-order valence-electron chi connectivity index (χ1n) is 6.87. The molecule has 2 rings (SSSR count). The zero-order chi connectivity index (χ0) is 12.8. The summed E-state index contributed by atoms with van der Waals surface area (Å²) in [5.74, 6) is 0.936. The Morgan fingerprint density at radius 1 is 1.22 bits per heavy atom. The minimum absolute atomic E-state index is 0.610. The highest BCUT2D eigenvalue weighted by Crippen LogP contribution is 2.15. The standard InChI is InChI=1S/C15H24N2O/c1-13(17-10-3-8-16-9-11-17)12-14-4-6-15(18-2)7-5-14/h4-7,13,16H,3,8-12H2,1-2H3. The Hall–Kier alpha value is -1.06. The van der Waals surface area contributed by atoms with Gasteiger partial charge in [0.25, 0.3) is 0 Å². The van der Waals surface area contributed by atoms with Gasteiger partial charge in [-0.25, -0.2) is 0 Å². The molecule has 18 heavy (non-hydrogen) atoms. The topological polar surface area (TPSA) is 24.5 Å². The fourth-order valence-electron chi connectivity index (χ4n) is 2.54. The summed E-state index contributed by atoms with van der Waals surface area (Å²) in [6.07, 6.45) is 2.37. The third kappa shape index (κ3) is 3.72. The van der Waals surface area contributed by atoms with Crippen LogP contribution >= 0.6 is 0 Å². The van der Waals surface area contributed by atoms with Gasteiger partial charge in [0.15, 0.2) is 0 Å². The van der Waals surface area contributed by atoms with Crippen molar-refractivity contribution in [2.45, 2.75) is 25.8 Å². The highest BCUT2D eigenvalue weighted by atomic mass is 16.5. The van der Waals surface area contributed by atoms with E-state index < -0.39 is 0 Å². The summed E-state index contributed by atoms with van der Waals surface area (Å²) in [6.45, 7) is 6.98. The average Bonchev–Trinajstić information content (AvgIpc) is 2.68. The molecule has 1 aliphatic rings. The van der Waals surface area contributed by atoms with Crippen LogP contribution in [-0.2, 0) is 6.42 Å². The van der Waals surface area contributed by atoms with Crippen molar-refractivity contribution in [3.8, 4) is 5.75 Å². The fourth-order valence-corrected chi connectivity index (χ4v) is 2.54. The van der Waals surface area contributed by atoms with E-state index in [4.69, 9.17) is 4.74 Å². The molecule has 3 nitrogen and oxygen atoms in total. The number of methoxy groups -OCH3 is 1. The van der Waals surface area contributed by atoms with Crippen molar-refractivity contribution in [3.05, 3.63) is 29.8 Å². The molecule has 0 aliphatic carbocycles. The van der Waals surface area contributed by atoms with Crippen LogP contribution in [0, 0.1) is 0 Å². The van der Waals surface area contributed by atoms with Gasteiger partial charge in [-0.05, 0) is 50.6 Å². The van der Waals surface area contributed by atoms with Crippen LogP contribution in [-0.4, -0.2) is 44.2 Å². The highest BCUT2D eigenvalue weighted by Gasteiger charge is 2.15. The number of ether oxygens (including phenoxy) is 1. The molecular weight excluding hydrogens is 224 g/mol. The molecular formula is C15H24N2O. The third-order valence-corrected chi connectivity index (χ3v) is 3.69. The lowest BCUT2D eigenvalue weighted by atomic mass is 10.1. The molecule has 1 saturated heterocycles. The second kappa shape index (κ2) is 6.76. The van der Waals surface area contributed by atoms with Gasteiger partial charge in [0.05, 0.1) is 7.11 Å². The van der Waals surface area contributed by atoms with Crippen LogP contribution in [0.15, 0.2) is 24.3 Å². The first kappa shape index (κ1) is 13.4. The van der Waals surface area contributed by atoms with E-state index in [2.05, 4.69) is 29.3 Å². The number of hydrogen-bond donors (Lipinski definition) is 1. The lowest BCUT2D eigenvalue weighted by molar-refractivity contribution is 0.221. The smallest absolute Gasteiger partial charge is 0.118 e. The van der Waals surface area contributed by atoms with Crippen LogP contribution in [0.25, 0.3) is 0 Å². The van der Waals surface area contributed by atoms with E-state index >= 15 is 0 Å². The summed E-state index contributed by atoms with van der Waals surface area (Å²) < 4.78 is 5.19. The van der Waals surface area contributed by atoms with Crippen LogP contribution in [0.2, 0.25) is 0 Å². The van der Waals surface area contributed by atoms with Gasteiger partial charge >= 0.3 is 0 Å². The Morgan fingerprint density at radius 2 is 2.00 bits per heavy atom. The molecule has 1 heterocycles. The van der Waals surface area contributed by atoms with Crippen LogP contribution in [0.3, 0.4) is 0 Å². The zero-order valence-corrected chi connectivity index (χ0v) is 11.5. The molecule has 0 saturated carbocycles. The maximum Gasteiger partial charge on any atom is 0.118 e. The average molecular weight is 248 g/mol. The summed E-state index contributed by atoms with van der Waals surface area (Å²) in [5, 5.41) is 3.45. The molecule has 1 N–H and O–H groups in total. The van der Waals surface area contributed by atoms with Crippen molar-refractivity contribution in [3.63, 3.8) is 0 Å². The Morgan fingerprint density at radius 3 is 2.72 bits per heavy atom. The van der Waals surface area contributed by atoms with Crippen LogP contribution in [0.5, 0.6) is 5.75 Å². The Labute approximate surface area is 110 Å². The number of nitrogens with one attached hydrogen (secondary N) is 1. The zero-order valence-electron chi connectivity index (χ0n) is 11.5. The van der Waals surface area contributed by atoms with Gasteiger partial charge in [0.1, 0.15) is 5.75 Å². The molecule has 1 fully saturated rings. The Kier molecular flexibility index (Phi) is 5.02. The fraction of sp³-hybridized carbons (Fsp3) is 0.600. The van der Waals surface area contributed by atoms with Crippen molar-refractivity contribution in [2.24, 2.45) is 0 Å². The first-order chi connectivity index (χ1) is 8.79. The van der Waals surface area contributed by atoms with Gasteiger partial charge in [0.2, 0.25) is 0 Å². The SMILES string of the molecule is COc1ccc(CC(C)N2CCCNCC2)cc1. The van der Waals surface area contributed by atoms with E-state index in [0.717, 1.165) is 31.8 Å². The number of nitrogens with zero attached hydrogens (tertiary/aromatic N) is 1. The third-order valence-electron chi connectivity index (χ3n) is 3.69. The molecule has 3 heteroatoms. The quantitative estimate of drug-likeness (QED) is 0.881. The van der Waals surface area contributed by atoms with Crippen molar-refractivity contribution in [2.75, 3.05) is 33.3 Å². The van der Waals surface area contributed by atoms with Gasteiger partial charge < -0.3 is 10.1 Å². The van der Waals surface area contributed by atoms with Crippen molar-refractivity contribution >= 4 is 0 Å². The monoisotopic (exact) mass is 248 g/mol. The molecule has 1 unspecified atom stereocenters. The van der Waals surface area contributed by atoms with E-state index in [1.165, 1.54) is 18.5 Å². The summed E-state index contributed by atoms with van der Waals surface area (Å²) in [4.78, 5) is 2.59. The van der Waals surface area contributed by atoms with Crippen LogP contribution in [0.1, 0.15) is 18.9 Å². The molecule has 0 spiro atoms. The number of benzene rings is 1. The van der Waals surface area contributed by atoms with Gasteiger partial charge in [-0.15, -0.1) is 0 Å². The minimum atomic E-state index is 0.610. The van der Waals surface area contributed by atoms with Crippen molar-refractivity contribution in [1.29, 1.82) is 0 Å². The first-order valence-corrected chi connectivity index (χ1v) is 6.87. The second-order valence-corrected chi connectivity index (χ2v) is 5.04. The van der Waals surface area contributed by atoms with Crippen LogP contribution < -0.4 is 10.1 Å². The summed E-state index contributed by atoms with van der Waals surface area (Å²) >= 11 is 0. The molecule has 1 aromatic carbocycles. The normalized spacial score (nSPS) is 19.2. The van der Waals surface area contributed by atoms with E-state index in [0.29, 0.717) is 6.04 Å². The van der Waals surface area contributed by atoms with Crippen molar-refractivity contribution in [1.82, 2.24) is 10.2 Å². The second-order valence-electron chi connectivity index (χ2n) is 5.04. The molecule has 0 bridgehead atoms. The molecule has 1 aliphatic heterocycles. The van der Waals surface area contributed by atoms with Gasteiger partial charge in [-0.1, -0.05) is 12.1 Å². The predicted molar refractivity (Wildman–Crippen MR) is 75.2 cm³/mol. The Balaban J connectivity index is 1.90. The summed E-state index contributed by atoms with van der Waals surface area (Å²) in [7, 11) is 1.71. The minimum Gasteiger partial charge on any atom is -0.497 e. The van der Waals surface area contributed by atoms with E-state index in [9.17, 15) is 0 Å².